The van der Waals surface area contributed by atoms with E-state index in [1.165, 1.54) is 21.2 Å². The van der Waals surface area contributed by atoms with Gasteiger partial charge in [0.1, 0.15) is 0 Å². The van der Waals surface area contributed by atoms with Gasteiger partial charge in [-0.2, -0.15) is 0 Å². The first kappa shape index (κ1) is 37.6. The summed E-state index contributed by atoms with van der Waals surface area (Å²) < 4.78 is 0. The van der Waals surface area contributed by atoms with E-state index in [2.05, 4.69) is 175 Å². The van der Waals surface area contributed by atoms with Gasteiger partial charge in [0.25, 0.3) is 0 Å². The van der Waals surface area contributed by atoms with Crippen molar-refractivity contribution in [3.05, 3.63) is 121 Å². The zero-order valence-corrected chi connectivity index (χ0v) is 31.4. The van der Waals surface area contributed by atoms with Crippen molar-refractivity contribution in [3.8, 4) is 0 Å². The third-order valence-corrected chi connectivity index (χ3v) is 10.4. The molecule has 0 atom stereocenters. The van der Waals surface area contributed by atoms with Crippen LogP contribution in [0.15, 0.2) is 121 Å². The molecule has 205 valence electrons. The van der Waals surface area contributed by atoms with E-state index in [4.69, 9.17) is 9.42 Å². The molecule has 0 spiro atoms. The quantitative estimate of drug-likeness (QED) is 0.182. The van der Waals surface area contributed by atoms with Crippen molar-refractivity contribution in [2.45, 2.75) is 0 Å². The Labute approximate surface area is 254 Å². The van der Waals surface area contributed by atoms with Gasteiger partial charge >= 0.3 is 28.2 Å². The van der Waals surface area contributed by atoms with Gasteiger partial charge in [-0.05, 0) is 74.5 Å². The van der Waals surface area contributed by atoms with Crippen LogP contribution in [-0.2, 0) is 18.8 Å². The summed E-state index contributed by atoms with van der Waals surface area (Å²) >= 11 is 1.06. The molecular formula is C32H44ClP4W. The molecule has 4 rings (SSSR count). The van der Waals surface area contributed by atoms with Crippen LogP contribution in [0.3, 0.4) is 0 Å². The SMILES string of the molecule is CP(C)c1ccccc1.CP(C)c1ccccc1.CP(C)c1ccccc1.CP(C)c1ccccc1.[Cl][W]. The van der Waals surface area contributed by atoms with Crippen molar-refractivity contribution in [1.82, 2.24) is 0 Å². The first-order valence-electron chi connectivity index (χ1n) is 12.3. The normalized spacial score (nSPS) is 9.71. The van der Waals surface area contributed by atoms with Crippen LogP contribution in [0.25, 0.3) is 0 Å². The van der Waals surface area contributed by atoms with Crippen LogP contribution in [0.2, 0.25) is 0 Å². The van der Waals surface area contributed by atoms with Crippen molar-refractivity contribution in [3.63, 3.8) is 0 Å². The first-order chi connectivity index (χ1) is 18.2. The van der Waals surface area contributed by atoms with Crippen molar-refractivity contribution in [2.24, 2.45) is 0 Å². The van der Waals surface area contributed by atoms with E-state index >= 15 is 0 Å². The molecule has 0 aliphatic heterocycles. The van der Waals surface area contributed by atoms with Crippen LogP contribution >= 0.6 is 41.1 Å². The zero-order chi connectivity index (χ0) is 28.8. The maximum absolute atomic E-state index is 4.72. The molecule has 0 aliphatic rings. The molecule has 4 aromatic rings. The predicted molar refractivity (Wildman–Crippen MR) is 185 cm³/mol. The standard InChI is InChI=1S/4C8H11P.ClH.W/c4*1-9(2)8-6-4-3-5-7-8;;/h4*3-7H,1-2H3;1H;/q;;;;;+1/p-1. The number of rotatable bonds is 4. The molecule has 0 bridgehead atoms. The van der Waals surface area contributed by atoms with Crippen LogP contribution in [0.5, 0.6) is 0 Å². The molecular weight excluding hydrogens is 728 g/mol. The summed E-state index contributed by atoms with van der Waals surface area (Å²) in [5.41, 5.74) is 0. The molecule has 0 aliphatic carbocycles. The van der Waals surface area contributed by atoms with E-state index in [-0.39, 0.29) is 31.7 Å². The first-order valence-corrected chi connectivity index (χ1v) is 24.8. The number of hydrogen-bond acceptors (Lipinski definition) is 0. The van der Waals surface area contributed by atoms with Gasteiger partial charge in [0.2, 0.25) is 0 Å². The van der Waals surface area contributed by atoms with Gasteiger partial charge in [0, 0.05) is 0 Å². The van der Waals surface area contributed by atoms with Gasteiger partial charge in [-0.3, -0.25) is 0 Å². The molecule has 4 aromatic carbocycles. The van der Waals surface area contributed by atoms with Gasteiger partial charge in [0.15, 0.2) is 0 Å². The Morgan fingerprint density at radius 1 is 0.316 bits per heavy atom. The molecule has 0 saturated heterocycles. The Hall–Kier alpha value is -0.422. The van der Waals surface area contributed by atoms with Crippen LogP contribution in [0, 0.1) is 0 Å². The summed E-state index contributed by atoms with van der Waals surface area (Å²) in [5, 5.41) is 5.92. The molecule has 0 nitrogen and oxygen atoms in total. The topological polar surface area (TPSA) is 0 Å². The van der Waals surface area contributed by atoms with E-state index < -0.39 is 0 Å². The zero-order valence-electron chi connectivity index (χ0n) is 24.1. The third kappa shape index (κ3) is 18.8. The predicted octanol–water partition coefficient (Wildman–Crippen LogP) is 8.90. The molecule has 0 unspecified atom stereocenters. The third-order valence-electron chi connectivity index (χ3n) is 5.09. The molecule has 0 radical (unpaired) electrons. The Balaban J connectivity index is 0.000000470. The van der Waals surface area contributed by atoms with Crippen molar-refractivity contribution in [2.75, 3.05) is 53.3 Å². The minimum atomic E-state index is 0.104. The van der Waals surface area contributed by atoms with Crippen LogP contribution in [-0.4, -0.2) is 53.3 Å². The summed E-state index contributed by atoms with van der Waals surface area (Å²) in [6.07, 6.45) is 0. The molecule has 38 heavy (non-hydrogen) atoms. The maximum atomic E-state index is 4.72. The van der Waals surface area contributed by atoms with Crippen LogP contribution in [0.1, 0.15) is 0 Å². The second kappa shape index (κ2) is 24.4. The van der Waals surface area contributed by atoms with E-state index in [1.807, 2.05) is 0 Å². The fourth-order valence-electron chi connectivity index (χ4n) is 2.90. The van der Waals surface area contributed by atoms with Crippen molar-refractivity contribution >= 4 is 62.3 Å². The van der Waals surface area contributed by atoms with Gasteiger partial charge < -0.3 is 0 Å². The molecule has 0 heterocycles. The Morgan fingerprint density at radius 3 is 0.526 bits per heavy atom. The number of halogens is 1. The van der Waals surface area contributed by atoms with Gasteiger partial charge in [0.05, 0.1) is 0 Å². The summed E-state index contributed by atoms with van der Waals surface area (Å²) in [6.45, 7) is 18.1. The molecule has 6 heteroatoms. The molecule has 0 aromatic heterocycles. The van der Waals surface area contributed by atoms with Crippen molar-refractivity contribution in [1.29, 1.82) is 0 Å². The Kier molecular flexibility index (Phi) is 24.1. The minimum absolute atomic E-state index is 0.104. The summed E-state index contributed by atoms with van der Waals surface area (Å²) in [6, 6.07) is 42.5. The summed E-state index contributed by atoms with van der Waals surface area (Å²) in [7, 11) is 5.14. The molecule has 0 amide bonds. The Morgan fingerprint density at radius 2 is 0.447 bits per heavy atom. The number of benzene rings is 4. The average molecular weight is 772 g/mol. The fourth-order valence-corrected chi connectivity index (χ4v) is 5.98. The second-order valence-electron chi connectivity index (χ2n) is 8.92. The van der Waals surface area contributed by atoms with E-state index in [0.717, 1.165) is 18.8 Å². The van der Waals surface area contributed by atoms with Crippen LogP contribution in [0.4, 0.5) is 0 Å². The monoisotopic (exact) mass is 771 g/mol. The molecule has 0 fully saturated rings. The average Bonchev–Trinajstić information content (AvgIpc) is 2.97. The molecule has 0 saturated carbocycles. The fraction of sp³-hybridized carbons (Fsp3) is 0.250. The van der Waals surface area contributed by atoms with Gasteiger partial charge in [-0.15, -0.1) is 0 Å². The van der Waals surface area contributed by atoms with Crippen molar-refractivity contribution < 1.29 is 18.8 Å². The van der Waals surface area contributed by atoms with E-state index in [0.29, 0.717) is 0 Å². The number of hydrogen-bond donors (Lipinski definition) is 0. The van der Waals surface area contributed by atoms with Gasteiger partial charge in [-0.25, -0.2) is 0 Å². The van der Waals surface area contributed by atoms with Crippen LogP contribution < -0.4 is 21.2 Å². The van der Waals surface area contributed by atoms with E-state index in [1.54, 1.807) is 0 Å². The van der Waals surface area contributed by atoms with E-state index in [9.17, 15) is 0 Å². The molecule has 0 N–H and O–H groups in total. The van der Waals surface area contributed by atoms with Gasteiger partial charge in [-0.1, -0.05) is 153 Å². The second-order valence-corrected chi connectivity index (χ2v) is 18.1. The Bertz CT molecular complexity index is 856. The summed E-state index contributed by atoms with van der Waals surface area (Å²) in [4.78, 5) is 0. The summed E-state index contributed by atoms with van der Waals surface area (Å²) in [5.74, 6) is 0.